The van der Waals surface area contributed by atoms with E-state index in [0.29, 0.717) is 11.5 Å². The Kier molecular flexibility index (Phi) is 4.44. The summed E-state index contributed by atoms with van der Waals surface area (Å²) in [5.74, 6) is 0.385. The predicted molar refractivity (Wildman–Crippen MR) is 80.2 cm³/mol. The van der Waals surface area contributed by atoms with Crippen molar-refractivity contribution in [1.29, 1.82) is 0 Å². The summed E-state index contributed by atoms with van der Waals surface area (Å²) in [5, 5.41) is 0. The SMILES string of the molecule is Cc1ccc(S(C)(=O)=O)cc1S(=O)(=O)NCC(N)C1CC1. The number of rotatable bonds is 6. The van der Waals surface area contributed by atoms with Crippen molar-refractivity contribution in [3.8, 4) is 0 Å². The van der Waals surface area contributed by atoms with Gasteiger partial charge in [0.15, 0.2) is 9.84 Å². The Morgan fingerprint density at radius 2 is 1.90 bits per heavy atom. The molecule has 1 unspecified atom stereocenters. The van der Waals surface area contributed by atoms with Gasteiger partial charge in [0.1, 0.15) is 0 Å². The zero-order valence-corrected chi connectivity index (χ0v) is 13.7. The maximum Gasteiger partial charge on any atom is 0.240 e. The van der Waals surface area contributed by atoms with Gasteiger partial charge in [-0.1, -0.05) is 6.07 Å². The number of hydrogen-bond donors (Lipinski definition) is 2. The molecule has 1 atom stereocenters. The van der Waals surface area contributed by atoms with E-state index in [9.17, 15) is 16.8 Å². The van der Waals surface area contributed by atoms with Crippen LogP contribution in [0.2, 0.25) is 0 Å². The zero-order valence-electron chi connectivity index (χ0n) is 12.0. The molecule has 1 aromatic carbocycles. The van der Waals surface area contributed by atoms with Gasteiger partial charge in [0.05, 0.1) is 9.79 Å². The minimum Gasteiger partial charge on any atom is -0.326 e. The lowest BCUT2D eigenvalue weighted by Crippen LogP contribution is -2.38. The van der Waals surface area contributed by atoms with Crippen LogP contribution >= 0.6 is 0 Å². The van der Waals surface area contributed by atoms with E-state index < -0.39 is 19.9 Å². The van der Waals surface area contributed by atoms with Crippen LogP contribution in [-0.2, 0) is 19.9 Å². The normalized spacial score (nSPS) is 17.7. The quantitative estimate of drug-likeness (QED) is 0.785. The molecule has 0 radical (unpaired) electrons. The van der Waals surface area contributed by atoms with Crippen molar-refractivity contribution in [1.82, 2.24) is 4.72 Å². The van der Waals surface area contributed by atoms with Gasteiger partial charge in [-0.2, -0.15) is 0 Å². The smallest absolute Gasteiger partial charge is 0.240 e. The molecule has 0 amide bonds. The van der Waals surface area contributed by atoms with E-state index in [0.717, 1.165) is 19.1 Å². The van der Waals surface area contributed by atoms with Crippen LogP contribution in [-0.4, -0.2) is 35.7 Å². The van der Waals surface area contributed by atoms with Crippen molar-refractivity contribution >= 4 is 19.9 Å². The molecule has 118 valence electrons. The molecule has 0 bridgehead atoms. The van der Waals surface area contributed by atoms with Gasteiger partial charge < -0.3 is 5.73 Å². The lowest BCUT2D eigenvalue weighted by Gasteiger charge is -2.14. The number of nitrogens with one attached hydrogen (secondary N) is 1. The molecule has 6 nitrogen and oxygen atoms in total. The van der Waals surface area contributed by atoms with Crippen LogP contribution in [0.25, 0.3) is 0 Å². The minimum atomic E-state index is -3.77. The third kappa shape index (κ3) is 4.03. The van der Waals surface area contributed by atoms with Crippen LogP contribution in [0.1, 0.15) is 18.4 Å². The van der Waals surface area contributed by atoms with Gasteiger partial charge in [0, 0.05) is 18.8 Å². The van der Waals surface area contributed by atoms with Crippen LogP contribution in [0, 0.1) is 12.8 Å². The Bertz CT molecular complexity index is 737. The Balaban J connectivity index is 2.26. The fraction of sp³-hybridized carbons (Fsp3) is 0.538. The van der Waals surface area contributed by atoms with Gasteiger partial charge >= 0.3 is 0 Å². The third-order valence-corrected chi connectivity index (χ3v) is 6.29. The molecule has 1 aliphatic carbocycles. The number of sulfone groups is 1. The molecule has 0 spiro atoms. The molecule has 0 aromatic heterocycles. The summed E-state index contributed by atoms with van der Waals surface area (Å²) in [5.41, 5.74) is 6.37. The highest BCUT2D eigenvalue weighted by atomic mass is 32.2. The lowest BCUT2D eigenvalue weighted by atomic mass is 10.2. The number of aryl methyl sites for hydroxylation is 1. The minimum absolute atomic E-state index is 0.0139. The fourth-order valence-electron chi connectivity index (χ4n) is 2.08. The molecule has 1 saturated carbocycles. The van der Waals surface area contributed by atoms with Gasteiger partial charge in [-0.05, 0) is 43.4 Å². The van der Waals surface area contributed by atoms with Crippen molar-refractivity contribution < 1.29 is 16.8 Å². The molecule has 1 aromatic rings. The van der Waals surface area contributed by atoms with Crippen molar-refractivity contribution in [3.63, 3.8) is 0 Å². The number of nitrogens with two attached hydrogens (primary N) is 1. The monoisotopic (exact) mass is 332 g/mol. The molecule has 0 saturated heterocycles. The van der Waals surface area contributed by atoms with E-state index in [4.69, 9.17) is 5.73 Å². The Morgan fingerprint density at radius 1 is 1.29 bits per heavy atom. The van der Waals surface area contributed by atoms with Crippen LogP contribution in [0.5, 0.6) is 0 Å². The Labute approximate surface area is 125 Å². The summed E-state index contributed by atoms with van der Waals surface area (Å²) < 4.78 is 50.2. The molecule has 21 heavy (non-hydrogen) atoms. The fourth-order valence-corrected chi connectivity index (χ4v) is 4.14. The van der Waals surface area contributed by atoms with E-state index in [1.807, 2.05) is 0 Å². The molecule has 8 heteroatoms. The first kappa shape index (κ1) is 16.4. The average Bonchev–Trinajstić information content (AvgIpc) is 3.19. The summed E-state index contributed by atoms with van der Waals surface area (Å²) in [6.45, 7) is 1.79. The highest BCUT2D eigenvalue weighted by Gasteiger charge is 2.29. The summed E-state index contributed by atoms with van der Waals surface area (Å²) in [7, 11) is -7.22. The standard InChI is InChI=1S/C13H20N2O4S2/c1-9-3-6-11(20(2,16)17)7-13(9)21(18,19)15-8-12(14)10-4-5-10/h3,6-7,10,12,15H,4-5,8,14H2,1-2H3. The van der Waals surface area contributed by atoms with E-state index in [-0.39, 0.29) is 22.4 Å². The molecule has 0 aliphatic heterocycles. The largest absolute Gasteiger partial charge is 0.326 e. The van der Waals surface area contributed by atoms with Crippen LogP contribution in [0.15, 0.2) is 28.0 Å². The second-order valence-electron chi connectivity index (χ2n) is 5.55. The van der Waals surface area contributed by atoms with Crippen molar-refractivity contribution in [2.75, 3.05) is 12.8 Å². The molecule has 0 heterocycles. The second kappa shape index (κ2) is 5.68. The van der Waals surface area contributed by atoms with Gasteiger partial charge in [0.2, 0.25) is 10.0 Å². The van der Waals surface area contributed by atoms with E-state index in [1.54, 1.807) is 6.92 Å². The summed E-state index contributed by atoms with van der Waals surface area (Å²) in [6, 6.07) is 3.89. The van der Waals surface area contributed by atoms with Crippen molar-refractivity contribution in [3.05, 3.63) is 23.8 Å². The maximum absolute atomic E-state index is 12.3. The predicted octanol–water partition coefficient (Wildman–Crippen LogP) is 0.414. The summed E-state index contributed by atoms with van der Waals surface area (Å²) in [6.07, 6.45) is 3.11. The maximum atomic E-state index is 12.3. The van der Waals surface area contributed by atoms with Crippen LogP contribution in [0.3, 0.4) is 0 Å². The lowest BCUT2D eigenvalue weighted by molar-refractivity contribution is 0.547. The van der Waals surface area contributed by atoms with Crippen molar-refractivity contribution in [2.24, 2.45) is 11.7 Å². The zero-order chi connectivity index (χ0) is 15.8. The highest BCUT2D eigenvalue weighted by Crippen LogP contribution is 2.31. The molecular weight excluding hydrogens is 312 g/mol. The third-order valence-electron chi connectivity index (χ3n) is 3.61. The number of hydrogen-bond acceptors (Lipinski definition) is 5. The van der Waals surface area contributed by atoms with E-state index in [2.05, 4.69) is 4.72 Å². The van der Waals surface area contributed by atoms with Gasteiger partial charge in [-0.3, -0.25) is 0 Å². The van der Waals surface area contributed by atoms with Gasteiger partial charge in [-0.25, -0.2) is 21.6 Å². The Morgan fingerprint density at radius 3 is 2.43 bits per heavy atom. The number of sulfonamides is 1. The molecule has 1 aliphatic rings. The van der Waals surface area contributed by atoms with E-state index in [1.165, 1.54) is 18.2 Å². The first-order valence-corrected chi connectivity index (χ1v) is 10.0. The second-order valence-corrected chi connectivity index (χ2v) is 9.30. The highest BCUT2D eigenvalue weighted by molar-refractivity contribution is 7.91. The van der Waals surface area contributed by atoms with Gasteiger partial charge in [-0.15, -0.1) is 0 Å². The average molecular weight is 332 g/mol. The first-order chi connectivity index (χ1) is 9.61. The topological polar surface area (TPSA) is 106 Å². The first-order valence-electron chi connectivity index (χ1n) is 6.67. The summed E-state index contributed by atoms with van der Waals surface area (Å²) >= 11 is 0. The van der Waals surface area contributed by atoms with Crippen LogP contribution in [0.4, 0.5) is 0 Å². The van der Waals surface area contributed by atoms with Crippen molar-refractivity contribution in [2.45, 2.75) is 35.6 Å². The summed E-state index contributed by atoms with van der Waals surface area (Å²) in [4.78, 5) is -0.0339. The van der Waals surface area contributed by atoms with Gasteiger partial charge in [0.25, 0.3) is 0 Å². The molecule has 3 N–H and O–H groups in total. The molecule has 2 rings (SSSR count). The molecule has 1 fully saturated rings. The number of benzene rings is 1. The molecular formula is C13H20N2O4S2. The van der Waals surface area contributed by atoms with E-state index >= 15 is 0 Å². The Hall–Kier alpha value is -0.960. The van der Waals surface area contributed by atoms with Crippen LogP contribution < -0.4 is 10.5 Å².